The Balaban J connectivity index is 2.50. The highest BCUT2D eigenvalue weighted by molar-refractivity contribution is 7.99. The zero-order chi connectivity index (χ0) is 9.68. The fourth-order valence-corrected chi connectivity index (χ4v) is 1.69. The van der Waals surface area contributed by atoms with Gasteiger partial charge in [0.15, 0.2) is 0 Å². The van der Waals surface area contributed by atoms with Crippen molar-refractivity contribution >= 4 is 17.4 Å². The summed E-state index contributed by atoms with van der Waals surface area (Å²) in [5.74, 6) is 0.873. The van der Waals surface area contributed by atoms with Gasteiger partial charge >= 0.3 is 0 Å². The van der Waals surface area contributed by atoms with Crippen molar-refractivity contribution in [2.75, 3.05) is 18.6 Å². The van der Waals surface area contributed by atoms with E-state index in [0.717, 1.165) is 16.5 Å². The Labute approximate surface area is 82.7 Å². The van der Waals surface area contributed by atoms with Crippen LogP contribution in [0.5, 0.6) is 0 Å². The summed E-state index contributed by atoms with van der Waals surface area (Å²) < 4.78 is 5.12. The van der Waals surface area contributed by atoms with E-state index in [1.165, 1.54) is 0 Å². The molecule has 0 saturated carbocycles. The van der Waals surface area contributed by atoms with Gasteiger partial charge in [0.25, 0.3) is 0 Å². The number of hydrogen-bond donors (Lipinski definition) is 1. The van der Waals surface area contributed by atoms with Gasteiger partial charge in [-0.25, -0.2) is 4.98 Å². The molecule has 1 atom stereocenters. The van der Waals surface area contributed by atoms with Gasteiger partial charge in [0, 0.05) is 19.1 Å². The van der Waals surface area contributed by atoms with E-state index in [1.807, 2.05) is 19.1 Å². The van der Waals surface area contributed by atoms with Gasteiger partial charge < -0.3 is 10.5 Å². The molecule has 0 radical (unpaired) electrons. The van der Waals surface area contributed by atoms with Crippen molar-refractivity contribution in [2.45, 2.75) is 18.1 Å². The molecular weight excluding hydrogens is 184 g/mol. The smallest absolute Gasteiger partial charge is 0.119 e. The van der Waals surface area contributed by atoms with Gasteiger partial charge in [-0.1, -0.05) is 0 Å². The number of aromatic nitrogens is 1. The van der Waals surface area contributed by atoms with Crippen molar-refractivity contribution in [3.8, 4) is 0 Å². The third-order valence-corrected chi connectivity index (χ3v) is 2.91. The molecule has 0 amide bonds. The Kier molecular flexibility index (Phi) is 4.05. The van der Waals surface area contributed by atoms with Crippen LogP contribution in [0.4, 0.5) is 5.69 Å². The highest BCUT2D eigenvalue weighted by atomic mass is 32.2. The van der Waals surface area contributed by atoms with Gasteiger partial charge in [-0.05, 0) is 19.1 Å². The number of pyridine rings is 1. The number of nitrogen functional groups attached to an aromatic ring is 1. The van der Waals surface area contributed by atoms with Crippen molar-refractivity contribution in [1.29, 1.82) is 0 Å². The lowest BCUT2D eigenvalue weighted by Crippen LogP contribution is -2.08. The van der Waals surface area contributed by atoms with Crippen LogP contribution < -0.4 is 5.73 Å². The predicted molar refractivity (Wildman–Crippen MR) is 55.8 cm³/mol. The standard InChI is InChI=1S/C9H14N2OS/c1-7(12-2)6-13-9-8(10)4-3-5-11-9/h3-5,7H,6,10H2,1-2H3. The van der Waals surface area contributed by atoms with Crippen molar-refractivity contribution in [2.24, 2.45) is 0 Å². The number of rotatable bonds is 4. The van der Waals surface area contributed by atoms with E-state index >= 15 is 0 Å². The number of hydrogen-bond acceptors (Lipinski definition) is 4. The van der Waals surface area contributed by atoms with Crippen LogP contribution in [0.2, 0.25) is 0 Å². The molecule has 1 heterocycles. The van der Waals surface area contributed by atoms with Crippen molar-refractivity contribution in [3.63, 3.8) is 0 Å². The minimum Gasteiger partial charge on any atom is -0.397 e. The first kappa shape index (κ1) is 10.3. The molecule has 1 rings (SSSR count). The van der Waals surface area contributed by atoms with E-state index in [-0.39, 0.29) is 6.10 Å². The molecule has 3 nitrogen and oxygen atoms in total. The summed E-state index contributed by atoms with van der Waals surface area (Å²) in [4.78, 5) is 4.17. The Morgan fingerprint density at radius 3 is 3.08 bits per heavy atom. The van der Waals surface area contributed by atoms with Gasteiger partial charge in [-0.15, -0.1) is 11.8 Å². The highest BCUT2D eigenvalue weighted by Crippen LogP contribution is 2.22. The van der Waals surface area contributed by atoms with Crippen molar-refractivity contribution in [3.05, 3.63) is 18.3 Å². The minimum atomic E-state index is 0.228. The van der Waals surface area contributed by atoms with Gasteiger partial charge in [0.1, 0.15) is 5.03 Å². The van der Waals surface area contributed by atoms with Crippen LogP contribution in [0.15, 0.2) is 23.4 Å². The molecule has 0 aliphatic carbocycles. The normalized spacial score (nSPS) is 12.8. The van der Waals surface area contributed by atoms with Crippen LogP contribution in [0.3, 0.4) is 0 Å². The largest absolute Gasteiger partial charge is 0.397 e. The number of nitrogens with zero attached hydrogens (tertiary/aromatic N) is 1. The maximum Gasteiger partial charge on any atom is 0.119 e. The van der Waals surface area contributed by atoms with Gasteiger partial charge in [-0.2, -0.15) is 0 Å². The van der Waals surface area contributed by atoms with Crippen LogP contribution in [0.1, 0.15) is 6.92 Å². The summed E-state index contributed by atoms with van der Waals surface area (Å²) in [6.45, 7) is 2.02. The summed E-state index contributed by atoms with van der Waals surface area (Å²) in [6.07, 6.45) is 1.97. The average Bonchev–Trinajstić information content (AvgIpc) is 2.16. The number of thioether (sulfide) groups is 1. The van der Waals surface area contributed by atoms with Crippen LogP contribution in [0.25, 0.3) is 0 Å². The Morgan fingerprint density at radius 2 is 2.46 bits per heavy atom. The number of ether oxygens (including phenoxy) is 1. The predicted octanol–water partition coefficient (Wildman–Crippen LogP) is 1.79. The zero-order valence-electron chi connectivity index (χ0n) is 7.86. The van der Waals surface area contributed by atoms with Crippen LogP contribution >= 0.6 is 11.8 Å². The average molecular weight is 198 g/mol. The molecule has 0 aliphatic rings. The summed E-state index contributed by atoms with van der Waals surface area (Å²) in [6, 6.07) is 3.69. The number of anilines is 1. The van der Waals surface area contributed by atoms with Gasteiger partial charge in [0.2, 0.25) is 0 Å². The fraction of sp³-hybridized carbons (Fsp3) is 0.444. The monoisotopic (exact) mass is 198 g/mol. The lowest BCUT2D eigenvalue weighted by molar-refractivity contribution is 0.138. The van der Waals surface area contributed by atoms with E-state index in [0.29, 0.717) is 0 Å². The molecule has 2 N–H and O–H groups in total. The van der Waals surface area contributed by atoms with Crippen LogP contribution in [-0.2, 0) is 4.74 Å². The molecule has 13 heavy (non-hydrogen) atoms. The molecule has 1 unspecified atom stereocenters. The van der Waals surface area contributed by atoms with Crippen molar-refractivity contribution in [1.82, 2.24) is 4.98 Å². The van der Waals surface area contributed by atoms with E-state index in [2.05, 4.69) is 4.98 Å². The summed E-state index contributed by atoms with van der Waals surface area (Å²) in [7, 11) is 1.70. The quantitative estimate of drug-likeness (QED) is 0.749. The molecule has 0 aromatic carbocycles. The lowest BCUT2D eigenvalue weighted by atomic mass is 10.4. The first-order chi connectivity index (χ1) is 6.24. The second-order valence-electron chi connectivity index (χ2n) is 2.76. The second-order valence-corrected chi connectivity index (χ2v) is 3.76. The fourth-order valence-electron chi connectivity index (χ4n) is 0.788. The second kappa shape index (κ2) is 5.09. The SMILES string of the molecule is COC(C)CSc1ncccc1N. The maximum absolute atomic E-state index is 5.72. The zero-order valence-corrected chi connectivity index (χ0v) is 8.67. The Morgan fingerprint density at radius 1 is 1.69 bits per heavy atom. The van der Waals surface area contributed by atoms with E-state index in [4.69, 9.17) is 10.5 Å². The summed E-state index contributed by atoms with van der Waals surface area (Å²) >= 11 is 1.62. The minimum absolute atomic E-state index is 0.228. The first-order valence-corrected chi connectivity index (χ1v) is 5.08. The van der Waals surface area contributed by atoms with E-state index in [9.17, 15) is 0 Å². The molecule has 0 aliphatic heterocycles. The maximum atomic E-state index is 5.72. The molecule has 0 fully saturated rings. The van der Waals surface area contributed by atoms with Crippen molar-refractivity contribution < 1.29 is 4.74 Å². The van der Waals surface area contributed by atoms with Crippen LogP contribution in [-0.4, -0.2) is 24.0 Å². The Hall–Kier alpha value is -0.740. The summed E-state index contributed by atoms with van der Waals surface area (Å²) in [5.41, 5.74) is 6.46. The Bertz CT molecular complexity index is 268. The topological polar surface area (TPSA) is 48.1 Å². The molecule has 4 heteroatoms. The highest BCUT2D eigenvalue weighted by Gasteiger charge is 2.04. The molecule has 1 aromatic rings. The van der Waals surface area contributed by atoms with E-state index < -0.39 is 0 Å². The molecule has 1 aromatic heterocycles. The van der Waals surface area contributed by atoms with Gasteiger partial charge in [-0.3, -0.25) is 0 Å². The molecular formula is C9H14N2OS. The molecule has 0 spiro atoms. The molecule has 0 bridgehead atoms. The van der Waals surface area contributed by atoms with E-state index in [1.54, 1.807) is 25.1 Å². The van der Waals surface area contributed by atoms with Gasteiger partial charge in [0.05, 0.1) is 11.8 Å². The molecule has 0 saturated heterocycles. The molecule has 72 valence electrons. The third-order valence-electron chi connectivity index (χ3n) is 1.66. The third kappa shape index (κ3) is 3.24. The first-order valence-electron chi connectivity index (χ1n) is 4.10. The van der Waals surface area contributed by atoms with Crippen LogP contribution in [0, 0.1) is 0 Å². The lowest BCUT2D eigenvalue weighted by Gasteiger charge is -2.08. The number of methoxy groups -OCH3 is 1. The summed E-state index contributed by atoms with van der Waals surface area (Å²) in [5, 5.41) is 0.881. The number of nitrogens with two attached hydrogens (primary N) is 1.